The van der Waals surface area contributed by atoms with Gasteiger partial charge in [0.1, 0.15) is 24.5 Å². The monoisotopic (exact) mass is 417 g/mol. The standard InChI is InChI=1S/C24H27N5O2/c1-3-23(30)28-21-14-19-20(15-22(21)31-13-12-29-10-7-11-29)25-16-26-24(19)27-17(2)18-8-5-4-6-9-18/h3-6,8-9,14-17H,1,7,10-13H2,2H3,(H,28,30)(H,25,26,27)/t17-/m1/s1. The van der Waals surface area contributed by atoms with Gasteiger partial charge in [0.25, 0.3) is 0 Å². The van der Waals surface area contributed by atoms with E-state index in [4.69, 9.17) is 4.74 Å². The second-order valence-electron chi connectivity index (χ2n) is 7.60. The van der Waals surface area contributed by atoms with Gasteiger partial charge in [0.05, 0.1) is 11.2 Å². The maximum Gasteiger partial charge on any atom is 0.247 e. The molecule has 0 aliphatic carbocycles. The zero-order chi connectivity index (χ0) is 21.6. The first-order valence-corrected chi connectivity index (χ1v) is 10.5. The van der Waals surface area contributed by atoms with E-state index < -0.39 is 0 Å². The Labute approximate surface area is 182 Å². The lowest BCUT2D eigenvalue weighted by Crippen LogP contribution is -2.39. The first kappa shape index (κ1) is 20.8. The van der Waals surface area contributed by atoms with Crippen molar-refractivity contribution in [1.29, 1.82) is 0 Å². The molecular formula is C24H27N5O2. The minimum atomic E-state index is -0.295. The fraction of sp³-hybridized carbons (Fsp3) is 0.292. The van der Waals surface area contributed by atoms with E-state index >= 15 is 0 Å². The van der Waals surface area contributed by atoms with Crippen molar-refractivity contribution in [1.82, 2.24) is 14.9 Å². The highest BCUT2D eigenvalue weighted by molar-refractivity contribution is 6.03. The van der Waals surface area contributed by atoms with Crippen LogP contribution in [0, 0.1) is 0 Å². The van der Waals surface area contributed by atoms with Crippen LogP contribution < -0.4 is 15.4 Å². The highest BCUT2D eigenvalue weighted by Crippen LogP contribution is 2.33. The van der Waals surface area contributed by atoms with Gasteiger partial charge in [-0.05, 0) is 44.1 Å². The fourth-order valence-corrected chi connectivity index (χ4v) is 3.52. The smallest absolute Gasteiger partial charge is 0.247 e. The lowest BCUT2D eigenvalue weighted by atomic mass is 10.1. The third-order valence-corrected chi connectivity index (χ3v) is 5.45. The predicted molar refractivity (Wildman–Crippen MR) is 123 cm³/mol. The Morgan fingerprint density at radius 3 is 2.77 bits per heavy atom. The summed E-state index contributed by atoms with van der Waals surface area (Å²) in [5.41, 5.74) is 2.47. The molecule has 1 aliphatic rings. The Morgan fingerprint density at radius 2 is 2.06 bits per heavy atom. The molecule has 1 fully saturated rings. The van der Waals surface area contributed by atoms with E-state index in [0.29, 0.717) is 23.9 Å². The molecule has 2 aromatic carbocycles. The number of hydrogen-bond acceptors (Lipinski definition) is 6. The van der Waals surface area contributed by atoms with E-state index in [1.807, 2.05) is 30.3 Å². The summed E-state index contributed by atoms with van der Waals surface area (Å²) in [7, 11) is 0. The minimum Gasteiger partial charge on any atom is -0.490 e. The molecule has 2 heterocycles. The molecule has 31 heavy (non-hydrogen) atoms. The lowest BCUT2D eigenvalue weighted by Gasteiger charge is -2.30. The predicted octanol–water partition coefficient (Wildman–Crippen LogP) is 4.01. The van der Waals surface area contributed by atoms with Gasteiger partial charge in [-0.1, -0.05) is 36.9 Å². The molecule has 0 spiro atoms. The van der Waals surface area contributed by atoms with Crippen LogP contribution >= 0.6 is 0 Å². The normalized spacial score (nSPS) is 14.5. The van der Waals surface area contributed by atoms with Gasteiger partial charge in [0.2, 0.25) is 5.91 Å². The summed E-state index contributed by atoms with van der Waals surface area (Å²) < 4.78 is 6.02. The van der Waals surface area contributed by atoms with Crippen molar-refractivity contribution in [3.05, 3.63) is 67.0 Å². The molecule has 0 unspecified atom stereocenters. The maximum absolute atomic E-state index is 12.0. The Balaban J connectivity index is 1.62. The Hall–Kier alpha value is -3.45. The molecule has 1 aromatic heterocycles. The van der Waals surface area contributed by atoms with Gasteiger partial charge in [0, 0.05) is 24.0 Å². The van der Waals surface area contributed by atoms with Crippen molar-refractivity contribution >= 4 is 28.3 Å². The van der Waals surface area contributed by atoms with Crippen LogP contribution in [0.4, 0.5) is 11.5 Å². The van der Waals surface area contributed by atoms with Gasteiger partial charge in [-0.2, -0.15) is 0 Å². The minimum absolute atomic E-state index is 0.0537. The molecule has 4 rings (SSSR count). The molecular weight excluding hydrogens is 390 g/mol. The van der Waals surface area contributed by atoms with Crippen molar-refractivity contribution in [2.45, 2.75) is 19.4 Å². The van der Waals surface area contributed by atoms with E-state index in [1.54, 1.807) is 0 Å². The van der Waals surface area contributed by atoms with Gasteiger partial charge in [0.15, 0.2) is 0 Å². The average Bonchev–Trinajstić information content (AvgIpc) is 2.76. The Kier molecular flexibility index (Phi) is 6.43. The van der Waals surface area contributed by atoms with Crippen LogP contribution in [-0.2, 0) is 4.79 Å². The summed E-state index contributed by atoms with van der Waals surface area (Å²) >= 11 is 0. The Morgan fingerprint density at radius 1 is 1.26 bits per heavy atom. The number of anilines is 2. The third kappa shape index (κ3) is 5.00. The molecule has 7 heteroatoms. The number of carbonyl (C=O) groups excluding carboxylic acids is 1. The largest absolute Gasteiger partial charge is 0.490 e. The first-order valence-electron chi connectivity index (χ1n) is 10.5. The summed E-state index contributed by atoms with van der Waals surface area (Å²) in [6, 6.07) is 13.9. The van der Waals surface area contributed by atoms with E-state index in [1.165, 1.54) is 18.8 Å². The van der Waals surface area contributed by atoms with Crippen LogP contribution in [0.1, 0.15) is 24.9 Å². The molecule has 0 radical (unpaired) electrons. The van der Waals surface area contributed by atoms with Crippen molar-refractivity contribution in [3.8, 4) is 5.75 Å². The lowest BCUT2D eigenvalue weighted by molar-refractivity contribution is -0.111. The second-order valence-corrected chi connectivity index (χ2v) is 7.60. The number of likely N-dealkylation sites (tertiary alicyclic amines) is 1. The summed E-state index contributed by atoms with van der Waals surface area (Å²) in [6.45, 7) is 9.26. The van der Waals surface area contributed by atoms with Gasteiger partial charge < -0.3 is 15.4 Å². The number of benzene rings is 2. The van der Waals surface area contributed by atoms with Crippen LogP contribution in [0.5, 0.6) is 5.75 Å². The number of fused-ring (bicyclic) bond motifs is 1. The third-order valence-electron chi connectivity index (χ3n) is 5.45. The Bertz CT molecular complexity index is 1070. The van der Waals surface area contributed by atoms with Gasteiger partial charge in [-0.15, -0.1) is 0 Å². The molecule has 2 N–H and O–H groups in total. The number of hydrogen-bond donors (Lipinski definition) is 2. The van der Waals surface area contributed by atoms with Crippen molar-refractivity contribution in [3.63, 3.8) is 0 Å². The van der Waals surface area contributed by atoms with Crippen LogP contribution in [0.25, 0.3) is 10.9 Å². The van der Waals surface area contributed by atoms with Gasteiger partial charge in [-0.25, -0.2) is 9.97 Å². The quantitative estimate of drug-likeness (QED) is 0.512. The molecule has 1 amide bonds. The van der Waals surface area contributed by atoms with Crippen LogP contribution in [0.2, 0.25) is 0 Å². The highest BCUT2D eigenvalue weighted by atomic mass is 16.5. The topological polar surface area (TPSA) is 79.4 Å². The number of aromatic nitrogens is 2. The van der Waals surface area contributed by atoms with Crippen LogP contribution in [0.15, 0.2) is 61.4 Å². The summed E-state index contributed by atoms with van der Waals surface area (Å²) in [5.74, 6) is 0.988. The SMILES string of the molecule is C=CC(=O)Nc1cc2c(N[C@H](C)c3ccccc3)ncnc2cc1OCCN1CCC1. The van der Waals surface area contributed by atoms with E-state index in [9.17, 15) is 4.79 Å². The molecule has 7 nitrogen and oxygen atoms in total. The molecule has 0 saturated carbocycles. The first-order chi connectivity index (χ1) is 15.1. The highest BCUT2D eigenvalue weighted by Gasteiger charge is 2.16. The van der Waals surface area contributed by atoms with Crippen molar-refractivity contribution in [2.75, 3.05) is 36.9 Å². The molecule has 160 valence electrons. The van der Waals surface area contributed by atoms with Crippen LogP contribution in [0.3, 0.4) is 0 Å². The summed E-state index contributed by atoms with van der Waals surface area (Å²) in [4.78, 5) is 23.2. The van der Waals surface area contributed by atoms with E-state index in [2.05, 4.69) is 51.1 Å². The molecule has 3 aromatic rings. The number of ether oxygens (including phenoxy) is 1. The van der Waals surface area contributed by atoms with Crippen molar-refractivity contribution < 1.29 is 9.53 Å². The zero-order valence-corrected chi connectivity index (χ0v) is 17.7. The summed E-state index contributed by atoms with van der Waals surface area (Å²) in [5, 5.41) is 7.11. The van der Waals surface area contributed by atoms with Crippen LogP contribution in [-0.4, -0.2) is 47.0 Å². The number of carbonyl (C=O) groups is 1. The second kappa shape index (κ2) is 9.57. The number of amides is 1. The summed E-state index contributed by atoms with van der Waals surface area (Å²) in [6.07, 6.45) is 4.02. The van der Waals surface area contributed by atoms with E-state index in [-0.39, 0.29) is 11.9 Å². The molecule has 1 atom stereocenters. The molecule has 0 bridgehead atoms. The fourth-order valence-electron chi connectivity index (χ4n) is 3.52. The van der Waals surface area contributed by atoms with Gasteiger partial charge in [-0.3, -0.25) is 9.69 Å². The average molecular weight is 418 g/mol. The van der Waals surface area contributed by atoms with Crippen molar-refractivity contribution in [2.24, 2.45) is 0 Å². The zero-order valence-electron chi connectivity index (χ0n) is 17.7. The molecule has 1 aliphatic heterocycles. The number of nitrogens with one attached hydrogen (secondary N) is 2. The number of rotatable bonds is 9. The van der Waals surface area contributed by atoms with E-state index in [0.717, 1.165) is 36.1 Å². The maximum atomic E-state index is 12.0. The number of nitrogens with zero attached hydrogens (tertiary/aromatic N) is 3. The molecule has 1 saturated heterocycles. The van der Waals surface area contributed by atoms with Gasteiger partial charge >= 0.3 is 0 Å².